The van der Waals surface area contributed by atoms with Crippen LogP contribution in [0.4, 0.5) is 10.5 Å². The first-order valence-electron chi connectivity index (χ1n) is 6.94. The third-order valence-electron chi connectivity index (χ3n) is 2.93. The smallest absolute Gasteiger partial charge is 0.319 e. The van der Waals surface area contributed by atoms with Crippen LogP contribution in [0.25, 0.3) is 0 Å². The van der Waals surface area contributed by atoms with Crippen molar-refractivity contribution in [1.29, 1.82) is 0 Å². The van der Waals surface area contributed by atoms with E-state index >= 15 is 0 Å². The van der Waals surface area contributed by atoms with Gasteiger partial charge in [-0.25, -0.2) is 4.79 Å². The fourth-order valence-electron chi connectivity index (χ4n) is 1.90. The summed E-state index contributed by atoms with van der Waals surface area (Å²) < 4.78 is 0. The minimum Gasteiger partial charge on any atom is -0.347 e. The van der Waals surface area contributed by atoms with Crippen LogP contribution >= 0.6 is 23.2 Å². The van der Waals surface area contributed by atoms with E-state index in [1.165, 1.54) is 4.90 Å². The summed E-state index contributed by atoms with van der Waals surface area (Å²) in [6.45, 7) is 3.99. The van der Waals surface area contributed by atoms with E-state index < -0.39 is 12.1 Å². The third-order valence-corrected chi connectivity index (χ3v) is 3.67. The maximum absolute atomic E-state index is 12.1. The van der Waals surface area contributed by atoms with Crippen LogP contribution in [0.15, 0.2) is 18.2 Å². The number of rotatable bonds is 5. The van der Waals surface area contributed by atoms with Gasteiger partial charge in [-0.2, -0.15) is 0 Å². The van der Waals surface area contributed by atoms with Gasteiger partial charge in [0.2, 0.25) is 5.91 Å². The van der Waals surface area contributed by atoms with Gasteiger partial charge in [0, 0.05) is 19.8 Å². The number of benzene rings is 1. The predicted octanol–water partition coefficient (Wildman–Crippen LogP) is 3.62. The number of anilines is 1. The summed E-state index contributed by atoms with van der Waals surface area (Å²) in [4.78, 5) is 25.6. The standard InChI is InChI=1S/C15H21Cl2N3O2/c1-9(2)7-13(14(21)20(3)4)19-15(22)18-10-5-6-11(16)12(17)8-10/h5-6,8-9,13H,7H2,1-4H3,(H2,18,19,22)/t13-/m1/s1. The molecule has 0 unspecified atom stereocenters. The Balaban J connectivity index is 2.73. The molecular weight excluding hydrogens is 325 g/mol. The SMILES string of the molecule is CC(C)C[C@@H](NC(=O)Nc1ccc(Cl)c(Cl)c1)C(=O)N(C)C. The van der Waals surface area contributed by atoms with Crippen molar-refractivity contribution in [3.8, 4) is 0 Å². The number of halogens is 2. The number of carbonyl (C=O) groups excluding carboxylic acids is 2. The van der Waals surface area contributed by atoms with Crippen LogP contribution in [0, 0.1) is 5.92 Å². The van der Waals surface area contributed by atoms with Gasteiger partial charge in [-0.15, -0.1) is 0 Å². The molecule has 0 saturated heterocycles. The number of hydrogen-bond acceptors (Lipinski definition) is 2. The summed E-state index contributed by atoms with van der Waals surface area (Å²) in [7, 11) is 3.32. The molecule has 0 bridgehead atoms. The molecule has 22 heavy (non-hydrogen) atoms. The molecule has 1 atom stereocenters. The van der Waals surface area contributed by atoms with E-state index in [1.54, 1.807) is 32.3 Å². The van der Waals surface area contributed by atoms with Gasteiger partial charge in [-0.05, 0) is 30.5 Å². The summed E-state index contributed by atoms with van der Waals surface area (Å²) >= 11 is 11.7. The second kappa shape index (κ2) is 8.25. The average Bonchev–Trinajstić information content (AvgIpc) is 2.40. The molecule has 0 aliphatic carbocycles. The zero-order valence-corrected chi connectivity index (χ0v) is 14.6. The fourth-order valence-corrected chi connectivity index (χ4v) is 2.20. The van der Waals surface area contributed by atoms with E-state index in [9.17, 15) is 9.59 Å². The van der Waals surface area contributed by atoms with Crippen molar-refractivity contribution in [2.75, 3.05) is 19.4 Å². The van der Waals surface area contributed by atoms with Gasteiger partial charge in [0.05, 0.1) is 10.0 Å². The Kier molecular flexibility index (Phi) is 6.97. The summed E-state index contributed by atoms with van der Waals surface area (Å²) in [5, 5.41) is 6.10. The zero-order valence-electron chi connectivity index (χ0n) is 13.1. The lowest BCUT2D eigenvalue weighted by molar-refractivity contribution is -0.131. The Labute approximate surface area is 141 Å². The first-order valence-corrected chi connectivity index (χ1v) is 7.70. The predicted molar refractivity (Wildman–Crippen MR) is 90.6 cm³/mol. The van der Waals surface area contributed by atoms with Crippen LogP contribution in [0.1, 0.15) is 20.3 Å². The second-order valence-electron chi connectivity index (χ2n) is 5.64. The molecule has 0 spiro atoms. The van der Waals surface area contributed by atoms with Crippen molar-refractivity contribution in [2.24, 2.45) is 5.92 Å². The number of nitrogens with one attached hydrogen (secondary N) is 2. The van der Waals surface area contributed by atoms with E-state index in [0.717, 1.165) is 0 Å². The summed E-state index contributed by atoms with van der Waals surface area (Å²) in [6.07, 6.45) is 0.561. The van der Waals surface area contributed by atoms with Crippen LogP contribution in [0.5, 0.6) is 0 Å². The Morgan fingerprint density at radius 1 is 1.18 bits per heavy atom. The lowest BCUT2D eigenvalue weighted by Gasteiger charge is -2.23. The van der Waals surface area contributed by atoms with Crippen LogP contribution in [0.3, 0.4) is 0 Å². The van der Waals surface area contributed by atoms with Gasteiger partial charge in [0.15, 0.2) is 0 Å². The molecule has 3 amide bonds. The molecule has 7 heteroatoms. The Bertz CT molecular complexity index is 548. The quantitative estimate of drug-likeness (QED) is 0.855. The van der Waals surface area contributed by atoms with Crippen LogP contribution in [-0.4, -0.2) is 37.0 Å². The van der Waals surface area contributed by atoms with E-state index in [4.69, 9.17) is 23.2 Å². The lowest BCUT2D eigenvalue weighted by atomic mass is 10.0. The highest BCUT2D eigenvalue weighted by molar-refractivity contribution is 6.42. The van der Waals surface area contributed by atoms with Gasteiger partial charge >= 0.3 is 6.03 Å². The van der Waals surface area contributed by atoms with Gasteiger partial charge in [0.1, 0.15) is 6.04 Å². The molecule has 0 heterocycles. The largest absolute Gasteiger partial charge is 0.347 e. The van der Waals surface area contributed by atoms with Gasteiger partial charge in [-0.3, -0.25) is 4.79 Å². The normalized spacial score (nSPS) is 12.0. The number of nitrogens with zero attached hydrogens (tertiary/aromatic N) is 1. The number of hydrogen-bond donors (Lipinski definition) is 2. The van der Waals surface area contributed by atoms with Crippen LogP contribution in [-0.2, 0) is 4.79 Å². The molecule has 2 N–H and O–H groups in total. The number of amides is 3. The van der Waals surface area contributed by atoms with Crippen molar-refractivity contribution in [3.05, 3.63) is 28.2 Å². The van der Waals surface area contributed by atoms with Crippen molar-refractivity contribution in [3.63, 3.8) is 0 Å². The first-order chi connectivity index (χ1) is 10.2. The zero-order chi connectivity index (χ0) is 16.9. The summed E-state index contributed by atoms with van der Waals surface area (Å²) in [5.41, 5.74) is 0.507. The summed E-state index contributed by atoms with van der Waals surface area (Å²) in [5.74, 6) is 0.136. The van der Waals surface area contributed by atoms with Crippen LogP contribution in [0.2, 0.25) is 10.0 Å². The number of carbonyl (C=O) groups is 2. The monoisotopic (exact) mass is 345 g/mol. The van der Waals surface area contributed by atoms with Crippen molar-refractivity contribution in [1.82, 2.24) is 10.2 Å². The lowest BCUT2D eigenvalue weighted by Crippen LogP contribution is -2.48. The highest BCUT2D eigenvalue weighted by Gasteiger charge is 2.23. The van der Waals surface area contributed by atoms with E-state index in [-0.39, 0.29) is 11.8 Å². The Hall–Kier alpha value is -1.46. The molecule has 1 aromatic carbocycles. The molecule has 5 nitrogen and oxygen atoms in total. The van der Waals surface area contributed by atoms with Crippen LogP contribution < -0.4 is 10.6 Å². The number of urea groups is 1. The molecule has 0 radical (unpaired) electrons. The molecule has 0 fully saturated rings. The highest BCUT2D eigenvalue weighted by atomic mass is 35.5. The Morgan fingerprint density at radius 3 is 2.32 bits per heavy atom. The Morgan fingerprint density at radius 2 is 1.82 bits per heavy atom. The molecule has 0 aliphatic heterocycles. The molecule has 122 valence electrons. The average molecular weight is 346 g/mol. The topological polar surface area (TPSA) is 61.4 Å². The van der Waals surface area contributed by atoms with Crippen molar-refractivity contribution in [2.45, 2.75) is 26.3 Å². The minimum absolute atomic E-state index is 0.141. The summed E-state index contributed by atoms with van der Waals surface area (Å²) in [6, 6.07) is 3.75. The highest BCUT2D eigenvalue weighted by Crippen LogP contribution is 2.24. The molecule has 0 aliphatic rings. The van der Waals surface area contributed by atoms with Crippen molar-refractivity contribution < 1.29 is 9.59 Å². The second-order valence-corrected chi connectivity index (χ2v) is 6.46. The van der Waals surface area contributed by atoms with Gasteiger partial charge in [0.25, 0.3) is 0 Å². The molecule has 1 aromatic rings. The van der Waals surface area contributed by atoms with Crippen molar-refractivity contribution >= 4 is 40.8 Å². The van der Waals surface area contributed by atoms with Gasteiger partial charge in [-0.1, -0.05) is 37.0 Å². The molecule has 0 saturated carbocycles. The van der Waals surface area contributed by atoms with E-state index in [1.807, 2.05) is 13.8 Å². The van der Waals surface area contributed by atoms with E-state index in [2.05, 4.69) is 10.6 Å². The van der Waals surface area contributed by atoms with E-state index in [0.29, 0.717) is 22.2 Å². The molecular formula is C15H21Cl2N3O2. The first kappa shape index (κ1) is 18.6. The molecule has 0 aromatic heterocycles. The maximum Gasteiger partial charge on any atom is 0.319 e. The van der Waals surface area contributed by atoms with Gasteiger partial charge < -0.3 is 15.5 Å². The third kappa shape index (κ3) is 5.73. The number of likely N-dealkylation sites (N-methyl/N-ethyl adjacent to an activating group) is 1. The maximum atomic E-state index is 12.1. The fraction of sp³-hybridized carbons (Fsp3) is 0.467. The minimum atomic E-state index is -0.572. The molecule has 1 rings (SSSR count).